The third-order valence-corrected chi connectivity index (χ3v) is 2.37. The fourth-order valence-electron chi connectivity index (χ4n) is 1.50. The number of rotatable bonds is 3. The smallest absolute Gasteiger partial charge is 0.144 e. The molecule has 0 spiro atoms. The first-order valence-corrected chi connectivity index (χ1v) is 6.34. The molecule has 2 rings (SSSR count). The van der Waals surface area contributed by atoms with Gasteiger partial charge in [-0.1, -0.05) is 13.8 Å². The zero-order chi connectivity index (χ0) is 15.0. The fourth-order valence-corrected chi connectivity index (χ4v) is 1.50. The third-order valence-electron chi connectivity index (χ3n) is 2.37. The largest absolute Gasteiger partial charge is 0.457 e. The molecule has 20 heavy (non-hydrogen) atoms. The summed E-state index contributed by atoms with van der Waals surface area (Å²) in [7, 11) is 1.80. The van der Waals surface area contributed by atoms with E-state index in [0.29, 0.717) is 22.9 Å². The summed E-state index contributed by atoms with van der Waals surface area (Å²) in [6.07, 6.45) is 1.53. The summed E-state index contributed by atoms with van der Waals surface area (Å²) in [5.41, 5.74) is 7.59. The first-order chi connectivity index (χ1) is 9.72. The predicted molar refractivity (Wildman–Crippen MR) is 80.8 cm³/mol. The van der Waals surface area contributed by atoms with Crippen LogP contribution in [0.15, 0.2) is 36.5 Å². The molecule has 0 aliphatic rings. The second-order valence-corrected chi connectivity index (χ2v) is 3.59. The van der Waals surface area contributed by atoms with Crippen LogP contribution < -0.4 is 15.8 Å². The monoisotopic (exact) mass is 270 g/mol. The second kappa shape index (κ2) is 7.64. The summed E-state index contributed by atoms with van der Waals surface area (Å²) in [5.74, 6) is 1.17. The molecule has 0 bridgehead atoms. The van der Waals surface area contributed by atoms with Gasteiger partial charge in [-0.05, 0) is 18.2 Å². The summed E-state index contributed by atoms with van der Waals surface area (Å²) >= 11 is 0. The van der Waals surface area contributed by atoms with Gasteiger partial charge in [0.25, 0.3) is 0 Å². The van der Waals surface area contributed by atoms with Crippen molar-refractivity contribution in [2.24, 2.45) is 0 Å². The molecule has 0 atom stereocenters. The van der Waals surface area contributed by atoms with Gasteiger partial charge in [0.15, 0.2) is 0 Å². The van der Waals surface area contributed by atoms with Crippen LogP contribution in [0, 0.1) is 11.3 Å². The van der Waals surface area contributed by atoms with Crippen LogP contribution in [0.3, 0.4) is 0 Å². The Morgan fingerprint density at radius 1 is 1.20 bits per heavy atom. The summed E-state index contributed by atoms with van der Waals surface area (Å²) in [4.78, 5) is 3.87. The van der Waals surface area contributed by atoms with Crippen molar-refractivity contribution in [1.29, 1.82) is 5.26 Å². The number of ether oxygens (including phenoxy) is 1. The third kappa shape index (κ3) is 3.89. The molecule has 0 aliphatic heterocycles. The van der Waals surface area contributed by atoms with Crippen LogP contribution in [0.25, 0.3) is 0 Å². The van der Waals surface area contributed by atoms with E-state index in [1.807, 2.05) is 26.0 Å². The molecule has 5 heteroatoms. The van der Waals surface area contributed by atoms with Gasteiger partial charge in [0.1, 0.15) is 23.3 Å². The number of hydrogen-bond donors (Lipinski definition) is 2. The molecule has 0 saturated heterocycles. The Labute approximate surface area is 119 Å². The lowest BCUT2D eigenvalue weighted by molar-refractivity contribution is 0.482. The van der Waals surface area contributed by atoms with Crippen molar-refractivity contribution < 1.29 is 4.74 Å². The van der Waals surface area contributed by atoms with Crippen molar-refractivity contribution in [3.05, 3.63) is 42.2 Å². The lowest BCUT2D eigenvalue weighted by Crippen LogP contribution is -1.96. The number of hydrogen-bond acceptors (Lipinski definition) is 5. The van der Waals surface area contributed by atoms with Crippen LogP contribution in [-0.4, -0.2) is 12.0 Å². The van der Waals surface area contributed by atoms with Crippen LogP contribution >= 0.6 is 0 Å². The van der Waals surface area contributed by atoms with E-state index in [9.17, 15) is 0 Å². The van der Waals surface area contributed by atoms with Gasteiger partial charge in [-0.15, -0.1) is 0 Å². The van der Waals surface area contributed by atoms with E-state index in [0.717, 1.165) is 5.69 Å². The first-order valence-electron chi connectivity index (χ1n) is 6.34. The molecule has 1 heterocycles. The fraction of sp³-hybridized carbons (Fsp3) is 0.200. The highest BCUT2D eigenvalue weighted by Gasteiger charge is 2.02. The minimum atomic E-state index is 0.312. The van der Waals surface area contributed by atoms with Gasteiger partial charge in [0.05, 0.1) is 11.4 Å². The number of aromatic nitrogens is 1. The Morgan fingerprint density at radius 3 is 2.50 bits per heavy atom. The Balaban J connectivity index is 0.000000956. The Kier molecular flexibility index (Phi) is 5.85. The van der Waals surface area contributed by atoms with E-state index in [2.05, 4.69) is 10.3 Å². The molecule has 0 aliphatic carbocycles. The van der Waals surface area contributed by atoms with E-state index >= 15 is 0 Å². The zero-order valence-electron chi connectivity index (χ0n) is 11.8. The molecule has 0 amide bonds. The quantitative estimate of drug-likeness (QED) is 0.835. The maximum absolute atomic E-state index is 8.74. The molecule has 104 valence electrons. The zero-order valence-corrected chi connectivity index (χ0v) is 11.8. The highest BCUT2D eigenvalue weighted by molar-refractivity contribution is 5.68. The molecule has 0 saturated carbocycles. The summed E-state index contributed by atoms with van der Waals surface area (Å²) in [5, 5.41) is 11.7. The van der Waals surface area contributed by atoms with Crippen molar-refractivity contribution in [3.8, 4) is 17.6 Å². The number of nitrogens with one attached hydrogen (secondary N) is 1. The normalized spacial score (nSPS) is 8.90. The van der Waals surface area contributed by atoms with Crippen molar-refractivity contribution in [1.82, 2.24) is 4.98 Å². The number of nitrogen functional groups attached to an aromatic ring is 1. The van der Waals surface area contributed by atoms with E-state index in [4.69, 9.17) is 15.7 Å². The lowest BCUT2D eigenvalue weighted by atomic mass is 10.2. The maximum Gasteiger partial charge on any atom is 0.144 e. The number of pyridine rings is 1. The summed E-state index contributed by atoms with van der Waals surface area (Å²) < 4.78 is 5.60. The SMILES string of the molecule is CC.CNc1ccc(Oc2ccnc(C#N)c2)cc1N. The number of anilines is 2. The van der Waals surface area contributed by atoms with E-state index in [-0.39, 0.29) is 0 Å². The van der Waals surface area contributed by atoms with Crippen LogP contribution in [0.2, 0.25) is 0 Å². The maximum atomic E-state index is 8.74. The number of benzene rings is 1. The van der Waals surface area contributed by atoms with Gasteiger partial charge in [-0.3, -0.25) is 0 Å². The molecular weight excluding hydrogens is 252 g/mol. The van der Waals surface area contributed by atoms with Crippen LogP contribution in [0.4, 0.5) is 11.4 Å². The van der Waals surface area contributed by atoms with Crippen molar-refractivity contribution >= 4 is 11.4 Å². The molecule has 0 radical (unpaired) electrons. The average Bonchev–Trinajstić information content (AvgIpc) is 2.50. The molecule has 1 aromatic heterocycles. The number of nitriles is 1. The predicted octanol–water partition coefficient (Wildman–Crippen LogP) is 3.40. The first kappa shape index (κ1) is 15.3. The van der Waals surface area contributed by atoms with Gasteiger partial charge >= 0.3 is 0 Å². The molecule has 1 aromatic carbocycles. The topological polar surface area (TPSA) is 84.0 Å². The highest BCUT2D eigenvalue weighted by atomic mass is 16.5. The van der Waals surface area contributed by atoms with Gasteiger partial charge < -0.3 is 15.8 Å². The lowest BCUT2D eigenvalue weighted by Gasteiger charge is -2.09. The second-order valence-electron chi connectivity index (χ2n) is 3.59. The van der Waals surface area contributed by atoms with Gasteiger partial charge in [-0.25, -0.2) is 4.98 Å². The Hall–Kier alpha value is -2.74. The van der Waals surface area contributed by atoms with Gasteiger partial charge in [0.2, 0.25) is 0 Å². The van der Waals surface area contributed by atoms with Crippen LogP contribution in [-0.2, 0) is 0 Å². The van der Waals surface area contributed by atoms with E-state index in [1.165, 1.54) is 6.20 Å². The van der Waals surface area contributed by atoms with Crippen molar-refractivity contribution in [2.75, 3.05) is 18.1 Å². The average molecular weight is 270 g/mol. The summed E-state index contributed by atoms with van der Waals surface area (Å²) in [6.45, 7) is 4.00. The molecule has 0 unspecified atom stereocenters. The highest BCUT2D eigenvalue weighted by Crippen LogP contribution is 2.27. The molecular formula is C15H18N4O. The minimum absolute atomic E-state index is 0.312. The number of nitrogens with zero attached hydrogens (tertiary/aromatic N) is 2. The standard InChI is InChI=1S/C13H12N4O.C2H6/c1-16-13-3-2-10(7-12(13)15)18-11-4-5-17-9(6-11)8-14;1-2/h2-7,16H,15H2,1H3;1-2H3. The van der Waals surface area contributed by atoms with Crippen molar-refractivity contribution in [3.63, 3.8) is 0 Å². The Morgan fingerprint density at radius 2 is 1.90 bits per heavy atom. The minimum Gasteiger partial charge on any atom is -0.457 e. The van der Waals surface area contributed by atoms with E-state index in [1.54, 1.807) is 31.3 Å². The summed E-state index contributed by atoms with van der Waals surface area (Å²) in [6, 6.07) is 10.6. The molecule has 5 nitrogen and oxygen atoms in total. The van der Waals surface area contributed by atoms with Gasteiger partial charge in [-0.2, -0.15) is 5.26 Å². The van der Waals surface area contributed by atoms with Crippen LogP contribution in [0.1, 0.15) is 19.5 Å². The van der Waals surface area contributed by atoms with E-state index < -0.39 is 0 Å². The molecule has 0 fully saturated rings. The number of nitrogens with two attached hydrogens (primary N) is 1. The molecule has 2 aromatic rings. The van der Waals surface area contributed by atoms with Gasteiger partial charge in [0, 0.05) is 25.4 Å². The van der Waals surface area contributed by atoms with Crippen LogP contribution in [0.5, 0.6) is 11.5 Å². The molecule has 3 N–H and O–H groups in total. The Bertz CT molecular complexity index is 605. The van der Waals surface area contributed by atoms with Crippen molar-refractivity contribution in [2.45, 2.75) is 13.8 Å².